The predicted molar refractivity (Wildman–Crippen MR) is 153 cm³/mol. The molecule has 0 unspecified atom stereocenters. The standard InChI is InChI=1S/C27H52N2O5S2/c1-4-5-6-7-8-9-10-11-12-13-14-15-16-17-18-19-21-28-26(31)23-35-22-20-25(30)29-27(2,3)24-36(32,33)34/h11-12H,4-10,13-24H2,1-3H3,(H,28,31)(H,29,30)(H,32,33,34). The lowest BCUT2D eigenvalue weighted by atomic mass is 10.1. The van der Waals surface area contributed by atoms with E-state index in [0.717, 1.165) is 12.8 Å². The Morgan fingerprint density at radius 3 is 1.92 bits per heavy atom. The summed E-state index contributed by atoms with van der Waals surface area (Å²) in [6.07, 6.45) is 22.5. The molecule has 0 saturated heterocycles. The quantitative estimate of drug-likeness (QED) is 0.0769. The fourth-order valence-corrected chi connectivity index (χ4v) is 5.66. The summed E-state index contributed by atoms with van der Waals surface area (Å²) in [4.78, 5) is 23.8. The molecule has 0 aromatic heterocycles. The number of carbonyl (C=O) groups is 2. The average molecular weight is 549 g/mol. The largest absolute Gasteiger partial charge is 0.355 e. The first-order valence-corrected chi connectivity index (χ1v) is 16.6. The third-order valence-electron chi connectivity index (χ3n) is 5.74. The van der Waals surface area contributed by atoms with E-state index in [0.29, 0.717) is 18.1 Å². The molecule has 0 aromatic rings. The SMILES string of the molecule is CCCCCCCCC=CCCCCCCCCNC(=O)CSCCC(=O)NC(C)(C)CS(=O)(=O)O. The molecule has 212 valence electrons. The molecule has 0 aliphatic rings. The van der Waals surface area contributed by atoms with E-state index in [2.05, 4.69) is 29.7 Å². The topological polar surface area (TPSA) is 113 Å². The Morgan fingerprint density at radius 2 is 1.36 bits per heavy atom. The van der Waals surface area contributed by atoms with Crippen molar-refractivity contribution in [3.8, 4) is 0 Å². The molecule has 0 aliphatic carbocycles. The van der Waals surface area contributed by atoms with E-state index >= 15 is 0 Å². The molecular weight excluding hydrogens is 496 g/mol. The molecule has 0 atom stereocenters. The Kier molecular flexibility index (Phi) is 21.3. The Bertz CT molecular complexity index is 709. The molecule has 0 fully saturated rings. The van der Waals surface area contributed by atoms with Crippen LogP contribution < -0.4 is 10.6 Å². The van der Waals surface area contributed by atoms with Crippen molar-refractivity contribution in [1.82, 2.24) is 10.6 Å². The monoisotopic (exact) mass is 548 g/mol. The van der Waals surface area contributed by atoms with Crippen LogP contribution in [0, 0.1) is 0 Å². The van der Waals surface area contributed by atoms with Crippen LogP contribution in [0.25, 0.3) is 0 Å². The first-order valence-electron chi connectivity index (χ1n) is 13.8. The maximum absolute atomic E-state index is 11.9. The van der Waals surface area contributed by atoms with Crippen molar-refractivity contribution < 1.29 is 22.6 Å². The number of nitrogens with one attached hydrogen (secondary N) is 2. The predicted octanol–water partition coefficient (Wildman–Crippen LogP) is 6.05. The minimum absolute atomic E-state index is 0.0279. The van der Waals surface area contributed by atoms with Crippen LogP contribution >= 0.6 is 11.8 Å². The number of carbonyl (C=O) groups excluding carboxylic acids is 2. The van der Waals surface area contributed by atoms with Gasteiger partial charge in [0, 0.05) is 18.7 Å². The van der Waals surface area contributed by atoms with E-state index in [1.807, 2.05) is 0 Å². The number of rotatable bonds is 24. The number of hydrogen-bond donors (Lipinski definition) is 3. The second-order valence-electron chi connectivity index (χ2n) is 10.2. The van der Waals surface area contributed by atoms with E-state index in [1.54, 1.807) is 0 Å². The van der Waals surface area contributed by atoms with Crippen LogP contribution in [0.4, 0.5) is 0 Å². The molecule has 0 heterocycles. The van der Waals surface area contributed by atoms with Gasteiger partial charge >= 0.3 is 0 Å². The lowest BCUT2D eigenvalue weighted by Crippen LogP contribution is -2.48. The molecule has 3 N–H and O–H groups in total. The third kappa shape index (κ3) is 26.0. The van der Waals surface area contributed by atoms with Crippen LogP contribution in [0.2, 0.25) is 0 Å². The van der Waals surface area contributed by atoms with Crippen LogP contribution in [-0.2, 0) is 19.7 Å². The first kappa shape index (κ1) is 34.9. The fourth-order valence-electron chi connectivity index (χ4n) is 3.91. The van der Waals surface area contributed by atoms with Crippen molar-refractivity contribution in [2.75, 3.05) is 23.8 Å². The van der Waals surface area contributed by atoms with Gasteiger partial charge in [0.15, 0.2) is 0 Å². The molecule has 9 heteroatoms. The highest BCUT2D eigenvalue weighted by Crippen LogP contribution is 2.10. The van der Waals surface area contributed by atoms with Crippen LogP contribution in [0.15, 0.2) is 12.2 Å². The Hall–Kier alpha value is -1.06. The van der Waals surface area contributed by atoms with Gasteiger partial charge in [0.1, 0.15) is 0 Å². The van der Waals surface area contributed by atoms with E-state index < -0.39 is 21.4 Å². The van der Waals surface area contributed by atoms with Gasteiger partial charge in [-0.1, -0.05) is 76.9 Å². The van der Waals surface area contributed by atoms with Crippen molar-refractivity contribution in [2.24, 2.45) is 0 Å². The van der Waals surface area contributed by atoms with Gasteiger partial charge in [-0.15, -0.1) is 0 Å². The second kappa shape index (κ2) is 22.0. The van der Waals surface area contributed by atoms with Crippen LogP contribution in [0.1, 0.15) is 117 Å². The molecule has 0 aliphatic heterocycles. The molecule has 0 aromatic carbocycles. The number of thioether (sulfide) groups is 1. The number of allylic oxidation sites excluding steroid dienone is 2. The average Bonchev–Trinajstić information content (AvgIpc) is 2.76. The molecule has 7 nitrogen and oxygen atoms in total. The van der Waals surface area contributed by atoms with Gasteiger partial charge in [-0.25, -0.2) is 0 Å². The minimum atomic E-state index is -4.17. The maximum atomic E-state index is 11.9. The summed E-state index contributed by atoms with van der Waals surface area (Å²) in [5.74, 6) is -0.109. The summed E-state index contributed by atoms with van der Waals surface area (Å²) in [6.45, 7) is 6.01. The Balaban J connectivity index is 3.50. The molecule has 36 heavy (non-hydrogen) atoms. The number of amides is 2. The normalized spacial score (nSPS) is 12.2. The zero-order valence-corrected chi connectivity index (χ0v) is 24.6. The molecule has 0 rings (SSSR count). The van der Waals surface area contributed by atoms with Gasteiger partial charge in [0.2, 0.25) is 11.8 Å². The van der Waals surface area contributed by atoms with Crippen molar-refractivity contribution in [2.45, 2.75) is 123 Å². The van der Waals surface area contributed by atoms with Crippen molar-refractivity contribution >= 4 is 33.7 Å². The fraction of sp³-hybridized carbons (Fsp3) is 0.852. The summed E-state index contributed by atoms with van der Waals surface area (Å²) < 4.78 is 30.9. The summed E-state index contributed by atoms with van der Waals surface area (Å²) in [5, 5.41) is 5.51. The second-order valence-corrected chi connectivity index (χ2v) is 12.8. The van der Waals surface area contributed by atoms with Gasteiger partial charge in [-0.05, 0) is 46.0 Å². The molecule has 0 saturated carbocycles. The molecule has 0 radical (unpaired) electrons. The summed E-state index contributed by atoms with van der Waals surface area (Å²) >= 11 is 1.37. The molecular formula is C27H52N2O5S2. The van der Waals surface area contributed by atoms with Crippen molar-refractivity contribution in [3.63, 3.8) is 0 Å². The Labute approximate surface area is 225 Å². The summed E-state index contributed by atoms with van der Waals surface area (Å²) in [6, 6.07) is 0. The lowest BCUT2D eigenvalue weighted by molar-refractivity contribution is -0.122. The summed E-state index contributed by atoms with van der Waals surface area (Å²) in [7, 11) is -4.17. The van der Waals surface area contributed by atoms with Gasteiger partial charge < -0.3 is 10.6 Å². The third-order valence-corrected chi connectivity index (χ3v) is 7.78. The smallest absolute Gasteiger partial charge is 0.267 e. The lowest BCUT2D eigenvalue weighted by Gasteiger charge is -2.24. The van der Waals surface area contributed by atoms with Crippen molar-refractivity contribution in [3.05, 3.63) is 12.2 Å². The van der Waals surface area contributed by atoms with Crippen molar-refractivity contribution in [1.29, 1.82) is 0 Å². The highest BCUT2D eigenvalue weighted by Gasteiger charge is 2.26. The maximum Gasteiger partial charge on any atom is 0.267 e. The van der Waals surface area contributed by atoms with E-state index in [1.165, 1.54) is 103 Å². The van der Waals surface area contributed by atoms with Gasteiger partial charge in [-0.3, -0.25) is 14.1 Å². The van der Waals surface area contributed by atoms with Crippen LogP contribution in [0.5, 0.6) is 0 Å². The number of hydrogen-bond acceptors (Lipinski definition) is 5. The van der Waals surface area contributed by atoms with E-state index in [-0.39, 0.29) is 18.2 Å². The zero-order chi connectivity index (χ0) is 27.1. The van der Waals surface area contributed by atoms with E-state index in [4.69, 9.17) is 4.55 Å². The minimum Gasteiger partial charge on any atom is -0.355 e. The molecule has 0 spiro atoms. The van der Waals surface area contributed by atoms with Crippen LogP contribution in [0.3, 0.4) is 0 Å². The molecule has 0 bridgehead atoms. The van der Waals surface area contributed by atoms with Gasteiger partial charge in [0.25, 0.3) is 10.1 Å². The van der Waals surface area contributed by atoms with Gasteiger partial charge in [0.05, 0.1) is 17.0 Å². The number of unbranched alkanes of at least 4 members (excludes halogenated alkanes) is 12. The Morgan fingerprint density at radius 1 is 0.833 bits per heavy atom. The van der Waals surface area contributed by atoms with Gasteiger partial charge in [-0.2, -0.15) is 20.2 Å². The zero-order valence-electron chi connectivity index (χ0n) is 23.0. The first-order chi connectivity index (χ1) is 17.1. The van der Waals surface area contributed by atoms with Crippen LogP contribution in [-0.4, -0.2) is 54.1 Å². The highest BCUT2D eigenvalue weighted by molar-refractivity contribution is 7.99. The van der Waals surface area contributed by atoms with E-state index in [9.17, 15) is 18.0 Å². The highest BCUT2D eigenvalue weighted by atomic mass is 32.2. The summed E-state index contributed by atoms with van der Waals surface area (Å²) in [5.41, 5.74) is -1.04. The molecule has 2 amide bonds.